The van der Waals surface area contributed by atoms with Gasteiger partial charge in [-0.05, 0) is 84.6 Å². The summed E-state index contributed by atoms with van der Waals surface area (Å²) in [5.41, 5.74) is 2.37. The van der Waals surface area contributed by atoms with Gasteiger partial charge in [0.15, 0.2) is 17.5 Å². The Bertz CT molecular complexity index is 763. The van der Waals surface area contributed by atoms with E-state index in [4.69, 9.17) is 0 Å². The van der Waals surface area contributed by atoms with E-state index < -0.39 is 17.5 Å². The van der Waals surface area contributed by atoms with Crippen molar-refractivity contribution in [2.75, 3.05) is 0 Å². The zero-order valence-electron chi connectivity index (χ0n) is 17.9. The highest BCUT2D eigenvalue weighted by atomic mass is 19.2. The van der Waals surface area contributed by atoms with Crippen molar-refractivity contribution in [3.05, 3.63) is 59.4 Å². The summed E-state index contributed by atoms with van der Waals surface area (Å²) in [6.07, 6.45) is 8.95. The molecule has 2 aromatic carbocycles. The predicted molar refractivity (Wildman–Crippen MR) is 114 cm³/mol. The molecule has 29 heavy (non-hydrogen) atoms. The van der Waals surface area contributed by atoms with Crippen LogP contribution < -0.4 is 0 Å². The molecule has 0 radical (unpaired) electrons. The first kappa shape index (κ1) is 21.9. The van der Waals surface area contributed by atoms with Crippen LogP contribution in [-0.2, 0) is 0 Å². The van der Waals surface area contributed by atoms with E-state index in [1.165, 1.54) is 50.5 Å². The largest absolute Gasteiger partial charge is 0.204 e. The lowest BCUT2D eigenvalue weighted by Gasteiger charge is -2.34. The molecule has 3 rings (SSSR count). The summed E-state index contributed by atoms with van der Waals surface area (Å²) in [6, 6.07) is 10.0. The molecule has 0 N–H and O–H groups in total. The van der Waals surface area contributed by atoms with E-state index in [2.05, 4.69) is 32.9 Å². The van der Waals surface area contributed by atoms with E-state index in [0.717, 1.165) is 29.9 Å². The van der Waals surface area contributed by atoms with E-state index >= 15 is 0 Å². The Labute approximate surface area is 173 Å². The van der Waals surface area contributed by atoms with Crippen LogP contribution in [0.25, 0.3) is 11.1 Å². The minimum Gasteiger partial charge on any atom is -0.204 e. The van der Waals surface area contributed by atoms with Gasteiger partial charge in [0.2, 0.25) is 0 Å². The van der Waals surface area contributed by atoms with Crippen molar-refractivity contribution in [3.63, 3.8) is 0 Å². The molecule has 0 spiro atoms. The molecule has 1 aliphatic rings. The molecular weight excluding hydrogens is 369 g/mol. The lowest BCUT2D eigenvalue weighted by Crippen LogP contribution is -2.21. The first-order valence-corrected chi connectivity index (χ1v) is 11.1. The highest BCUT2D eigenvalue weighted by Gasteiger charge is 2.27. The van der Waals surface area contributed by atoms with Gasteiger partial charge in [-0.15, -0.1) is 0 Å². The Morgan fingerprint density at radius 1 is 0.828 bits per heavy atom. The van der Waals surface area contributed by atoms with Gasteiger partial charge in [-0.3, -0.25) is 0 Å². The fourth-order valence-electron chi connectivity index (χ4n) is 4.91. The zero-order chi connectivity index (χ0) is 21.0. The molecule has 1 saturated carbocycles. The highest BCUT2D eigenvalue weighted by molar-refractivity contribution is 5.64. The normalized spacial score (nSPS) is 20.8. The molecule has 0 saturated heterocycles. The van der Waals surface area contributed by atoms with Crippen molar-refractivity contribution in [2.24, 2.45) is 17.8 Å². The summed E-state index contributed by atoms with van der Waals surface area (Å²) in [7, 11) is 0. The van der Waals surface area contributed by atoms with Crippen LogP contribution in [0.5, 0.6) is 0 Å². The summed E-state index contributed by atoms with van der Waals surface area (Å²) in [5, 5.41) is 0. The van der Waals surface area contributed by atoms with E-state index in [9.17, 15) is 13.2 Å². The fraction of sp³-hybridized carbons (Fsp3) is 0.538. The number of halogens is 3. The van der Waals surface area contributed by atoms with Gasteiger partial charge < -0.3 is 0 Å². The molecule has 0 bridgehead atoms. The third-order valence-electron chi connectivity index (χ3n) is 6.78. The van der Waals surface area contributed by atoms with Gasteiger partial charge in [0.05, 0.1) is 0 Å². The van der Waals surface area contributed by atoms with Crippen molar-refractivity contribution >= 4 is 0 Å². The number of hydrogen-bond donors (Lipinski definition) is 0. The molecule has 0 heterocycles. The molecular formula is C26H33F3. The van der Waals surface area contributed by atoms with E-state index in [0.29, 0.717) is 17.0 Å². The van der Waals surface area contributed by atoms with Crippen molar-refractivity contribution in [1.82, 2.24) is 0 Å². The van der Waals surface area contributed by atoms with Gasteiger partial charge in [-0.2, -0.15) is 0 Å². The second kappa shape index (κ2) is 9.82. The Hall–Kier alpha value is -1.77. The Kier molecular flexibility index (Phi) is 7.43. The summed E-state index contributed by atoms with van der Waals surface area (Å²) < 4.78 is 40.2. The molecule has 2 aromatic rings. The quantitative estimate of drug-likeness (QED) is 0.407. The average molecular weight is 403 g/mol. The summed E-state index contributed by atoms with van der Waals surface area (Å²) in [5.74, 6) is -0.674. The third-order valence-corrected chi connectivity index (χ3v) is 6.78. The van der Waals surface area contributed by atoms with Crippen molar-refractivity contribution in [3.8, 4) is 11.1 Å². The Morgan fingerprint density at radius 2 is 1.41 bits per heavy atom. The summed E-state index contributed by atoms with van der Waals surface area (Å²) in [4.78, 5) is 0. The van der Waals surface area contributed by atoms with Crippen LogP contribution in [-0.4, -0.2) is 0 Å². The molecule has 1 fully saturated rings. The van der Waals surface area contributed by atoms with Crippen molar-refractivity contribution in [1.29, 1.82) is 0 Å². The molecule has 158 valence electrons. The topological polar surface area (TPSA) is 0 Å². The molecule has 3 heteroatoms. The van der Waals surface area contributed by atoms with E-state index in [1.807, 2.05) is 12.1 Å². The molecule has 0 nitrogen and oxygen atoms in total. The van der Waals surface area contributed by atoms with Gasteiger partial charge in [-0.1, -0.05) is 57.9 Å². The van der Waals surface area contributed by atoms with Crippen molar-refractivity contribution < 1.29 is 13.2 Å². The predicted octanol–water partition coefficient (Wildman–Crippen LogP) is 8.51. The minimum atomic E-state index is -1.42. The van der Waals surface area contributed by atoms with Crippen LogP contribution in [0.1, 0.15) is 77.2 Å². The maximum Gasteiger partial charge on any atom is 0.194 e. The van der Waals surface area contributed by atoms with Crippen LogP contribution in [0, 0.1) is 35.2 Å². The zero-order valence-corrected chi connectivity index (χ0v) is 17.9. The summed E-state index contributed by atoms with van der Waals surface area (Å²) >= 11 is 0. The summed E-state index contributed by atoms with van der Waals surface area (Å²) in [6.45, 7) is 6.95. The average Bonchev–Trinajstić information content (AvgIpc) is 2.72. The van der Waals surface area contributed by atoms with Gasteiger partial charge >= 0.3 is 0 Å². The highest BCUT2D eigenvalue weighted by Crippen LogP contribution is 2.41. The molecule has 0 amide bonds. The van der Waals surface area contributed by atoms with Gasteiger partial charge in [0.25, 0.3) is 0 Å². The van der Waals surface area contributed by atoms with Crippen LogP contribution >= 0.6 is 0 Å². The molecule has 1 aliphatic carbocycles. The van der Waals surface area contributed by atoms with Crippen LogP contribution in [0.15, 0.2) is 36.4 Å². The smallest absolute Gasteiger partial charge is 0.194 e. The minimum absolute atomic E-state index is 0.368. The Balaban J connectivity index is 1.62. The number of hydrogen-bond acceptors (Lipinski definition) is 0. The van der Waals surface area contributed by atoms with E-state index in [-0.39, 0.29) is 0 Å². The standard InChI is InChI=1S/C26H33F3/c1-4-18(6-5-17(2)3)19-7-9-20(10-8-19)21-11-13-22(14-12-21)23-15-24(27)26(29)25(28)16-23/h11-20H,4-10H2,1-3H3. The molecule has 0 aliphatic heterocycles. The fourth-order valence-corrected chi connectivity index (χ4v) is 4.91. The number of benzene rings is 2. The maximum atomic E-state index is 13.5. The van der Waals surface area contributed by atoms with Gasteiger partial charge in [0, 0.05) is 0 Å². The van der Waals surface area contributed by atoms with Crippen LogP contribution in [0.3, 0.4) is 0 Å². The van der Waals surface area contributed by atoms with Gasteiger partial charge in [0.1, 0.15) is 0 Å². The lowest BCUT2D eigenvalue weighted by molar-refractivity contribution is 0.208. The third kappa shape index (κ3) is 5.43. The van der Waals surface area contributed by atoms with Crippen molar-refractivity contribution in [2.45, 2.75) is 71.6 Å². The van der Waals surface area contributed by atoms with Crippen LogP contribution in [0.4, 0.5) is 13.2 Å². The van der Waals surface area contributed by atoms with Crippen LogP contribution in [0.2, 0.25) is 0 Å². The maximum absolute atomic E-state index is 13.5. The van der Waals surface area contributed by atoms with E-state index in [1.54, 1.807) is 0 Å². The SMILES string of the molecule is CCC(CCC(C)C)C1CCC(c2ccc(-c3cc(F)c(F)c(F)c3)cc2)CC1. The second-order valence-electron chi connectivity index (χ2n) is 9.13. The van der Waals surface area contributed by atoms with Gasteiger partial charge in [-0.25, -0.2) is 13.2 Å². The Morgan fingerprint density at radius 3 is 1.93 bits per heavy atom. The monoisotopic (exact) mass is 402 g/mol. The number of rotatable bonds is 7. The first-order valence-electron chi connectivity index (χ1n) is 11.1. The molecule has 0 aromatic heterocycles. The molecule has 1 atom stereocenters. The lowest BCUT2D eigenvalue weighted by atomic mass is 9.71. The first-order chi connectivity index (χ1) is 13.9. The second-order valence-corrected chi connectivity index (χ2v) is 9.13. The molecule has 1 unspecified atom stereocenters.